The van der Waals surface area contributed by atoms with Crippen molar-refractivity contribution in [3.05, 3.63) is 70.0 Å². The minimum atomic E-state index is -0.428. The summed E-state index contributed by atoms with van der Waals surface area (Å²) in [4.78, 5) is 0. The van der Waals surface area contributed by atoms with Crippen LogP contribution in [-0.2, 0) is 13.2 Å². The number of halogens is 3. The van der Waals surface area contributed by atoms with E-state index in [9.17, 15) is 4.39 Å². The number of ether oxygens (including phenoxy) is 2. The van der Waals surface area contributed by atoms with Gasteiger partial charge in [-0.2, -0.15) is 0 Å². The molecule has 0 radical (unpaired) electrons. The molecule has 0 unspecified atom stereocenters. The second kappa shape index (κ2) is 8.92. The topological polar surface area (TPSA) is 30.5 Å². The van der Waals surface area contributed by atoms with Gasteiger partial charge in [0.05, 0.1) is 17.2 Å². The van der Waals surface area contributed by atoms with Crippen molar-refractivity contribution in [2.45, 2.75) is 13.2 Å². The number of nitrogens with one attached hydrogen (secondary N) is 1. The standard InChI is InChI=1S/C18H18Cl2FNO2/c1-3-7-22-10-12-8-15(20)18(17(9-12)23-2)24-11-13-14(19)5-4-6-16(13)21/h3-6,8-9,22H,1,7,10-11H2,2H3. The molecule has 2 aromatic carbocycles. The molecular weight excluding hydrogens is 352 g/mol. The quantitative estimate of drug-likeness (QED) is 0.524. The lowest BCUT2D eigenvalue weighted by molar-refractivity contribution is 0.280. The SMILES string of the molecule is C=CCNCc1cc(Cl)c(OCc2c(F)cccc2Cl)c(OC)c1. The highest BCUT2D eigenvalue weighted by Crippen LogP contribution is 2.37. The molecule has 0 saturated heterocycles. The van der Waals surface area contributed by atoms with Gasteiger partial charge in [0.1, 0.15) is 12.4 Å². The van der Waals surface area contributed by atoms with Crippen molar-refractivity contribution in [2.24, 2.45) is 0 Å². The molecule has 0 heterocycles. The Kier molecular flexibility index (Phi) is 6.91. The summed E-state index contributed by atoms with van der Waals surface area (Å²) in [7, 11) is 1.52. The van der Waals surface area contributed by atoms with Crippen LogP contribution in [0.2, 0.25) is 10.0 Å². The first-order chi connectivity index (χ1) is 11.6. The van der Waals surface area contributed by atoms with Crippen molar-refractivity contribution >= 4 is 23.2 Å². The van der Waals surface area contributed by atoms with E-state index in [4.69, 9.17) is 32.7 Å². The molecule has 128 valence electrons. The van der Waals surface area contributed by atoms with E-state index in [2.05, 4.69) is 11.9 Å². The predicted molar refractivity (Wildman–Crippen MR) is 95.6 cm³/mol. The second-order valence-electron chi connectivity index (χ2n) is 5.02. The zero-order valence-electron chi connectivity index (χ0n) is 13.2. The van der Waals surface area contributed by atoms with Crippen molar-refractivity contribution in [1.29, 1.82) is 0 Å². The van der Waals surface area contributed by atoms with Gasteiger partial charge in [0.2, 0.25) is 0 Å². The normalized spacial score (nSPS) is 10.5. The Balaban J connectivity index is 2.19. The summed E-state index contributed by atoms with van der Waals surface area (Å²) in [5.41, 5.74) is 1.21. The molecule has 2 rings (SSSR count). The van der Waals surface area contributed by atoms with Gasteiger partial charge in [-0.25, -0.2) is 4.39 Å². The molecule has 0 bridgehead atoms. The fraction of sp³-hybridized carbons (Fsp3) is 0.222. The molecule has 24 heavy (non-hydrogen) atoms. The Bertz CT molecular complexity index is 702. The van der Waals surface area contributed by atoms with Crippen LogP contribution < -0.4 is 14.8 Å². The smallest absolute Gasteiger partial charge is 0.180 e. The van der Waals surface area contributed by atoms with Gasteiger partial charge < -0.3 is 14.8 Å². The largest absolute Gasteiger partial charge is 0.493 e. The highest BCUT2D eigenvalue weighted by atomic mass is 35.5. The maximum atomic E-state index is 13.8. The molecule has 0 atom stereocenters. The van der Waals surface area contributed by atoms with Gasteiger partial charge in [-0.05, 0) is 29.8 Å². The molecule has 0 aliphatic carbocycles. The predicted octanol–water partition coefficient (Wildman–Crippen LogP) is 5.00. The molecule has 0 aromatic heterocycles. The average molecular weight is 370 g/mol. The van der Waals surface area contributed by atoms with Gasteiger partial charge in [0.15, 0.2) is 11.5 Å². The molecule has 2 aromatic rings. The first-order valence-electron chi connectivity index (χ1n) is 7.30. The average Bonchev–Trinajstić information content (AvgIpc) is 2.55. The molecule has 3 nitrogen and oxygen atoms in total. The van der Waals surface area contributed by atoms with Crippen LogP contribution in [0.25, 0.3) is 0 Å². The highest BCUT2D eigenvalue weighted by Gasteiger charge is 2.14. The Labute approximate surface area is 151 Å². The van der Waals surface area contributed by atoms with Gasteiger partial charge >= 0.3 is 0 Å². The maximum Gasteiger partial charge on any atom is 0.180 e. The number of hydrogen-bond donors (Lipinski definition) is 1. The van der Waals surface area contributed by atoms with Gasteiger partial charge in [-0.15, -0.1) is 6.58 Å². The molecule has 1 N–H and O–H groups in total. The lowest BCUT2D eigenvalue weighted by Gasteiger charge is -2.15. The van der Waals surface area contributed by atoms with E-state index < -0.39 is 5.82 Å². The van der Waals surface area contributed by atoms with Crippen LogP contribution in [0.1, 0.15) is 11.1 Å². The van der Waals surface area contributed by atoms with E-state index in [1.54, 1.807) is 24.3 Å². The summed E-state index contributed by atoms with van der Waals surface area (Å²) in [6.07, 6.45) is 1.77. The summed E-state index contributed by atoms with van der Waals surface area (Å²) in [6, 6.07) is 8.08. The van der Waals surface area contributed by atoms with E-state index >= 15 is 0 Å². The van der Waals surface area contributed by atoms with Gasteiger partial charge in [0, 0.05) is 18.7 Å². The summed E-state index contributed by atoms with van der Waals surface area (Å²) in [5, 5.41) is 3.87. The fourth-order valence-electron chi connectivity index (χ4n) is 2.15. The Morgan fingerprint density at radius 3 is 2.71 bits per heavy atom. The zero-order valence-corrected chi connectivity index (χ0v) is 14.8. The van der Waals surface area contributed by atoms with Crippen LogP contribution in [0, 0.1) is 5.82 Å². The lowest BCUT2D eigenvalue weighted by Crippen LogP contribution is -2.12. The zero-order chi connectivity index (χ0) is 17.5. The van der Waals surface area contributed by atoms with E-state index in [-0.39, 0.29) is 12.2 Å². The summed E-state index contributed by atoms with van der Waals surface area (Å²) >= 11 is 12.3. The van der Waals surface area contributed by atoms with Crippen molar-refractivity contribution in [1.82, 2.24) is 5.32 Å². The first kappa shape index (κ1) is 18.6. The Hall–Kier alpha value is -1.75. The Morgan fingerprint density at radius 2 is 2.04 bits per heavy atom. The van der Waals surface area contributed by atoms with Crippen molar-refractivity contribution < 1.29 is 13.9 Å². The van der Waals surface area contributed by atoms with Crippen molar-refractivity contribution in [3.63, 3.8) is 0 Å². The molecule has 0 aliphatic heterocycles. The molecule has 6 heteroatoms. The fourth-order valence-corrected chi connectivity index (χ4v) is 2.65. The van der Waals surface area contributed by atoms with Crippen LogP contribution in [-0.4, -0.2) is 13.7 Å². The molecule has 0 spiro atoms. The minimum Gasteiger partial charge on any atom is -0.493 e. The second-order valence-corrected chi connectivity index (χ2v) is 5.83. The van der Waals surface area contributed by atoms with Crippen LogP contribution in [0.4, 0.5) is 4.39 Å². The molecule has 0 amide bonds. The van der Waals surface area contributed by atoms with Crippen LogP contribution >= 0.6 is 23.2 Å². The molecule has 0 aliphatic rings. The molecular formula is C18H18Cl2FNO2. The van der Waals surface area contributed by atoms with E-state index in [1.165, 1.54) is 13.2 Å². The number of benzene rings is 2. The highest BCUT2D eigenvalue weighted by molar-refractivity contribution is 6.32. The van der Waals surface area contributed by atoms with Gasteiger partial charge in [-0.3, -0.25) is 0 Å². The van der Waals surface area contributed by atoms with Gasteiger partial charge in [-0.1, -0.05) is 35.3 Å². The van der Waals surface area contributed by atoms with Crippen LogP contribution in [0.5, 0.6) is 11.5 Å². The van der Waals surface area contributed by atoms with Crippen molar-refractivity contribution in [3.8, 4) is 11.5 Å². The van der Waals surface area contributed by atoms with E-state index in [0.29, 0.717) is 34.6 Å². The number of rotatable bonds is 8. The third-order valence-corrected chi connectivity index (χ3v) is 3.96. The molecule has 0 fully saturated rings. The number of hydrogen-bond acceptors (Lipinski definition) is 3. The first-order valence-corrected chi connectivity index (χ1v) is 8.06. The van der Waals surface area contributed by atoms with Gasteiger partial charge in [0.25, 0.3) is 0 Å². The maximum absolute atomic E-state index is 13.8. The lowest BCUT2D eigenvalue weighted by atomic mass is 10.2. The summed E-state index contributed by atoms with van der Waals surface area (Å²) in [5.74, 6) is 0.402. The van der Waals surface area contributed by atoms with Crippen LogP contribution in [0.15, 0.2) is 43.0 Å². The Morgan fingerprint density at radius 1 is 1.25 bits per heavy atom. The van der Waals surface area contributed by atoms with Crippen molar-refractivity contribution in [2.75, 3.05) is 13.7 Å². The van der Waals surface area contributed by atoms with E-state index in [1.807, 2.05) is 6.07 Å². The summed E-state index contributed by atoms with van der Waals surface area (Å²) in [6.45, 7) is 4.90. The summed E-state index contributed by atoms with van der Waals surface area (Å²) < 4.78 is 24.8. The molecule has 0 saturated carbocycles. The number of methoxy groups -OCH3 is 1. The third-order valence-electron chi connectivity index (χ3n) is 3.33. The van der Waals surface area contributed by atoms with Crippen LogP contribution in [0.3, 0.4) is 0 Å². The van der Waals surface area contributed by atoms with E-state index in [0.717, 1.165) is 5.56 Å². The monoisotopic (exact) mass is 369 g/mol. The third kappa shape index (κ3) is 4.63. The minimum absolute atomic E-state index is 0.0460.